The van der Waals surface area contributed by atoms with Crippen LogP contribution in [0.25, 0.3) is 0 Å². The first-order valence-corrected chi connectivity index (χ1v) is 5.79. The predicted molar refractivity (Wildman–Crippen MR) is 67.4 cm³/mol. The van der Waals surface area contributed by atoms with Gasteiger partial charge in [0.1, 0.15) is 11.6 Å². The van der Waals surface area contributed by atoms with Gasteiger partial charge in [0.25, 0.3) is 0 Å². The Labute approximate surface area is 106 Å². The lowest BCUT2D eigenvalue weighted by Crippen LogP contribution is -2.21. The summed E-state index contributed by atoms with van der Waals surface area (Å²) in [5.74, 6) is -1.80. The highest BCUT2D eigenvalue weighted by atomic mass is 19.1. The van der Waals surface area contributed by atoms with Gasteiger partial charge in [-0.3, -0.25) is 4.79 Å². The molecule has 99 valence electrons. The largest absolute Gasteiger partial charge is 0.325 e. The molecule has 18 heavy (non-hydrogen) atoms. The Morgan fingerprint density at radius 3 is 2.00 bits per heavy atom. The molecule has 0 aromatic heterocycles. The number of halogens is 2. The highest BCUT2D eigenvalue weighted by molar-refractivity contribution is 5.92. The molecule has 1 amide bonds. The molecule has 0 unspecified atom stereocenters. The first-order valence-electron chi connectivity index (χ1n) is 5.79. The topological polar surface area (TPSA) is 29.1 Å². The molecule has 1 N–H and O–H groups in total. The smallest absolute Gasteiger partial charge is 0.224 e. The highest BCUT2D eigenvalue weighted by Crippen LogP contribution is 2.26. The molecular weight excluding hydrogens is 236 g/mol. The van der Waals surface area contributed by atoms with E-state index in [2.05, 4.69) is 5.32 Å². The van der Waals surface area contributed by atoms with Gasteiger partial charge >= 0.3 is 0 Å². The van der Waals surface area contributed by atoms with Crippen LogP contribution in [0, 0.1) is 37.0 Å². The van der Waals surface area contributed by atoms with Crippen molar-refractivity contribution in [3.63, 3.8) is 0 Å². The van der Waals surface area contributed by atoms with Crippen molar-refractivity contribution in [1.29, 1.82) is 0 Å². The Bertz CT molecular complexity index is 449. The first kappa shape index (κ1) is 14.6. The molecule has 0 aliphatic rings. The van der Waals surface area contributed by atoms with Crippen molar-refractivity contribution in [2.75, 3.05) is 5.32 Å². The minimum atomic E-state index is -0.774. The molecule has 1 radical (unpaired) electrons. The Balaban J connectivity index is 3.01. The monoisotopic (exact) mass is 254 g/mol. The standard InChI is InChI=1S/C14H18F2NO/c1-8-10(15)6-11(16)9(2)13(8)17-12(18)7-14(3,4)5/h7H2,1-5H3,(H,17,18). The van der Waals surface area contributed by atoms with Gasteiger partial charge in [0.2, 0.25) is 5.91 Å². The second kappa shape index (κ2) is 5.04. The molecule has 2 nitrogen and oxygen atoms in total. The fraction of sp³-hybridized carbons (Fsp3) is 0.500. The van der Waals surface area contributed by atoms with Gasteiger partial charge in [0, 0.05) is 17.5 Å². The SMILES string of the molecule is Cc1c(F)[c]c(F)c(C)c1NC(=O)CC(C)(C)C. The molecule has 0 fully saturated rings. The van der Waals surface area contributed by atoms with Crippen molar-refractivity contribution >= 4 is 11.6 Å². The Morgan fingerprint density at radius 1 is 1.17 bits per heavy atom. The predicted octanol–water partition coefficient (Wildman–Crippen LogP) is 3.76. The van der Waals surface area contributed by atoms with E-state index in [4.69, 9.17) is 0 Å². The minimum Gasteiger partial charge on any atom is -0.325 e. The zero-order chi connectivity index (χ0) is 14.1. The van der Waals surface area contributed by atoms with E-state index in [0.29, 0.717) is 0 Å². The van der Waals surface area contributed by atoms with Crippen LogP contribution < -0.4 is 5.32 Å². The summed E-state index contributed by atoms with van der Waals surface area (Å²) in [7, 11) is 0. The van der Waals surface area contributed by atoms with Crippen LogP contribution in [0.2, 0.25) is 0 Å². The van der Waals surface area contributed by atoms with Crippen LogP contribution in [0.4, 0.5) is 14.5 Å². The summed E-state index contributed by atoms with van der Waals surface area (Å²) in [5, 5.41) is 2.58. The fourth-order valence-corrected chi connectivity index (χ4v) is 1.64. The van der Waals surface area contributed by atoms with Crippen molar-refractivity contribution in [2.45, 2.75) is 41.0 Å². The number of carbonyl (C=O) groups is 1. The van der Waals surface area contributed by atoms with Crippen molar-refractivity contribution in [1.82, 2.24) is 0 Å². The van der Waals surface area contributed by atoms with E-state index in [1.165, 1.54) is 13.8 Å². The fourth-order valence-electron chi connectivity index (χ4n) is 1.64. The summed E-state index contributed by atoms with van der Waals surface area (Å²) >= 11 is 0. The molecule has 0 saturated carbocycles. The van der Waals surface area contributed by atoms with Gasteiger partial charge in [-0.2, -0.15) is 0 Å². The lowest BCUT2D eigenvalue weighted by molar-refractivity contribution is -0.117. The number of hydrogen-bond donors (Lipinski definition) is 1. The molecule has 0 aliphatic heterocycles. The first-order chi connectivity index (χ1) is 8.11. The summed E-state index contributed by atoms with van der Waals surface area (Å²) < 4.78 is 26.7. The lowest BCUT2D eigenvalue weighted by Gasteiger charge is -2.19. The molecule has 1 aromatic rings. The normalized spacial score (nSPS) is 11.5. The van der Waals surface area contributed by atoms with E-state index in [1.54, 1.807) is 0 Å². The third-order valence-corrected chi connectivity index (χ3v) is 2.58. The van der Waals surface area contributed by atoms with Gasteiger partial charge < -0.3 is 5.32 Å². The molecular formula is C14H18F2NO. The van der Waals surface area contributed by atoms with E-state index in [-0.39, 0.29) is 34.6 Å². The molecule has 4 heteroatoms. The molecule has 1 rings (SSSR count). The van der Waals surface area contributed by atoms with Gasteiger partial charge in [-0.1, -0.05) is 20.8 Å². The minimum absolute atomic E-state index is 0.177. The van der Waals surface area contributed by atoms with Gasteiger partial charge in [0.15, 0.2) is 0 Å². The number of benzene rings is 1. The van der Waals surface area contributed by atoms with Crippen molar-refractivity contribution in [3.8, 4) is 0 Å². The maximum atomic E-state index is 13.4. The summed E-state index contributed by atoms with van der Waals surface area (Å²) in [5.41, 5.74) is 0.439. The van der Waals surface area contributed by atoms with Gasteiger partial charge in [-0.15, -0.1) is 0 Å². The Morgan fingerprint density at radius 2 is 1.61 bits per heavy atom. The van der Waals surface area contributed by atoms with E-state index in [9.17, 15) is 13.6 Å². The number of amides is 1. The maximum Gasteiger partial charge on any atom is 0.224 e. The summed E-state index contributed by atoms with van der Waals surface area (Å²) in [6.07, 6.45) is 0.285. The van der Waals surface area contributed by atoms with Crippen LogP contribution in [0.3, 0.4) is 0 Å². The molecule has 0 atom stereocenters. The van der Waals surface area contributed by atoms with Gasteiger partial charge in [-0.25, -0.2) is 8.78 Å². The highest BCUT2D eigenvalue weighted by Gasteiger charge is 2.19. The Hall–Kier alpha value is -1.45. The third kappa shape index (κ3) is 3.52. The average molecular weight is 254 g/mol. The lowest BCUT2D eigenvalue weighted by atomic mass is 9.92. The second-order valence-electron chi connectivity index (χ2n) is 5.66. The molecule has 0 spiro atoms. The van der Waals surface area contributed by atoms with E-state index in [0.717, 1.165) is 0 Å². The zero-order valence-corrected chi connectivity index (χ0v) is 11.4. The number of nitrogens with one attached hydrogen (secondary N) is 1. The number of hydrogen-bond acceptors (Lipinski definition) is 1. The van der Waals surface area contributed by atoms with Crippen LogP contribution in [0.5, 0.6) is 0 Å². The zero-order valence-electron chi connectivity index (χ0n) is 11.4. The molecule has 1 aromatic carbocycles. The quantitative estimate of drug-likeness (QED) is 0.855. The van der Waals surface area contributed by atoms with Crippen LogP contribution >= 0.6 is 0 Å². The second-order valence-corrected chi connectivity index (χ2v) is 5.66. The summed E-state index contributed by atoms with van der Waals surface area (Å²) in [4.78, 5) is 11.8. The van der Waals surface area contributed by atoms with Crippen LogP contribution in [0.1, 0.15) is 38.3 Å². The van der Waals surface area contributed by atoms with Crippen LogP contribution in [-0.2, 0) is 4.79 Å². The van der Waals surface area contributed by atoms with Crippen LogP contribution in [0.15, 0.2) is 0 Å². The average Bonchev–Trinajstić information content (AvgIpc) is 2.19. The van der Waals surface area contributed by atoms with Crippen LogP contribution in [-0.4, -0.2) is 5.91 Å². The molecule has 0 aliphatic carbocycles. The molecule has 0 saturated heterocycles. The van der Waals surface area contributed by atoms with Crippen molar-refractivity contribution in [3.05, 3.63) is 28.8 Å². The Kier molecular flexibility index (Phi) is 4.09. The van der Waals surface area contributed by atoms with E-state index < -0.39 is 11.6 Å². The third-order valence-electron chi connectivity index (χ3n) is 2.58. The van der Waals surface area contributed by atoms with E-state index in [1.807, 2.05) is 26.8 Å². The molecule has 0 heterocycles. The summed E-state index contributed by atoms with van der Waals surface area (Å²) in [6, 6.07) is 1.98. The van der Waals surface area contributed by atoms with Crippen molar-refractivity contribution in [2.24, 2.45) is 5.41 Å². The number of rotatable bonds is 2. The van der Waals surface area contributed by atoms with Crippen molar-refractivity contribution < 1.29 is 13.6 Å². The van der Waals surface area contributed by atoms with Gasteiger partial charge in [-0.05, 0) is 19.3 Å². The maximum absolute atomic E-state index is 13.4. The molecule has 0 bridgehead atoms. The summed E-state index contributed by atoms with van der Waals surface area (Å²) in [6.45, 7) is 8.75. The number of carbonyl (C=O) groups excluding carboxylic acids is 1. The number of anilines is 1. The van der Waals surface area contributed by atoms with Gasteiger partial charge in [0.05, 0.1) is 11.8 Å². The van der Waals surface area contributed by atoms with E-state index >= 15 is 0 Å².